The van der Waals surface area contributed by atoms with Gasteiger partial charge in [-0.2, -0.15) is 0 Å². The van der Waals surface area contributed by atoms with Gasteiger partial charge in [-0.25, -0.2) is 0 Å². The van der Waals surface area contributed by atoms with Crippen molar-refractivity contribution in [3.8, 4) is 11.5 Å². The minimum absolute atomic E-state index is 0.358. The van der Waals surface area contributed by atoms with Crippen LogP contribution in [0.15, 0.2) is 48.5 Å². The standard InChI is InChI=1S/C20H22O6/c21-15-17-5-1-3-7-19(17)25-13-11-23-9-10-24-12-14-26-20-8-4-2-6-18(20)16-22/h1-8,15-16H,9-14H2. The second-order valence-corrected chi connectivity index (χ2v) is 5.23. The van der Waals surface area contributed by atoms with Crippen molar-refractivity contribution in [1.29, 1.82) is 0 Å². The Bertz CT molecular complexity index is 626. The molecule has 0 radical (unpaired) electrons. The number of ether oxygens (including phenoxy) is 4. The zero-order chi connectivity index (χ0) is 18.5. The molecule has 0 aliphatic carbocycles. The van der Waals surface area contributed by atoms with E-state index in [1.54, 1.807) is 36.4 Å². The Balaban J connectivity index is 1.48. The lowest BCUT2D eigenvalue weighted by Crippen LogP contribution is -2.14. The highest BCUT2D eigenvalue weighted by Gasteiger charge is 2.02. The van der Waals surface area contributed by atoms with Gasteiger partial charge in [0.25, 0.3) is 0 Å². The predicted molar refractivity (Wildman–Crippen MR) is 96.3 cm³/mol. The van der Waals surface area contributed by atoms with Crippen LogP contribution in [0.25, 0.3) is 0 Å². The average Bonchev–Trinajstić information content (AvgIpc) is 2.70. The molecule has 26 heavy (non-hydrogen) atoms. The Hall–Kier alpha value is -2.70. The number of carbonyl (C=O) groups is 2. The van der Waals surface area contributed by atoms with Crippen LogP contribution in [0.3, 0.4) is 0 Å². The van der Waals surface area contributed by atoms with Gasteiger partial charge < -0.3 is 18.9 Å². The molecule has 2 rings (SSSR count). The molecule has 0 saturated heterocycles. The van der Waals surface area contributed by atoms with Gasteiger partial charge >= 0.3 is 0 Å². The first kappa shape index (κ1) is 19.6. The van der Waals surface area contributed by atoms with Crippen LogP contribution in [0, 0.1) is 0 Å². The Kier molecular flexibility index (Phi) is 8.89. The molecule has 0 unspecified atom stereocenters. The number of hydrogen-bond acceptors (Lipinski definition) is 6. The largest absolute Gasteiger partial charge is 0.490 e. The van der Waals surface area contributed by atoms with Crippen LogP contribution in [-0.2, 0) is 9.47 Å². The highest BCUT2D eigenvalue weighted by Crippen LogP contribution is 2.16. The van der Waals surface area contributed by atoms with Crippen LogP contribution < -0.4 is 9.47 Å². The van der Waals surface area contributed by atoms with Gasteiger partial charge in [0.05, 0.1) is 37.6 Å². The minimum Gasteiger partial charge on any atom is -0.490 e. The lowest BCUT2D eigenvalue weighted by molar-refractivity contribution is 0.0272. The van der Waals surface area contributed by atoms with Crippen LogP contribution in [0.5, 0.6) is 11.5 Å². The van der Waals surface area contributed by atoms with Crippen LogP contribution in [0.1, 0.15) is 20.7 Å². The third-order valence-corrected chi connectivity index (χ3v) is 3.43. The topological polar surface area (TPSA) is 71.1 Å². The average molecular weight is 358 g/mol. The van der Waals surface area contributed by atoms with Crippen molar-refractivity contribution in [3.63, 3.8) is 0 Å². The van der Waals surface area contributed by atoms with E-state index in [1.165, 1.54) is 0 Å². The number of aldehydes is 2. The summed E-state index contributed by atoms with van der Waals surface area (Å²) in [6.07, 6.45) is 1.53. The summed E-state index contributed by atoms with van der Waals surface area (Å²) in [6, 6.07) is 14.1. The maximum absolute atomic E-state index is 10.9. The number of hydrogen-bond donors (Lipinski definition) is 0. The molecule has 6 nitrogen and oxygen atoms in total. The first-order valence-electron chi connectivity index (χ1n) is 8.34. The molecule has 6 heteroatoms. The van der Waals surface area contributed by atoms with Gasteiger partial charge in [0.15, 0.2) is 12.6 Å². The molecular weight excluding hydrogens is 336 g/mol. The summed E-state index contributed by atoms with van der Waals surface area (Å²) in [5, 5.41) is 0. The molecule has 0 amide bonds. The lowest BCUT2D eigenvalue weighted by Gasteiger charge is -2.10. The van der Waals surface area contributed by atoms with E-state index in [4.69, 9.17) is 18.9 Å². The molecule has 0 fully saturated rings. The van der Waals surface area contributed by atoms with E-state index >= 15 is 0 Å². The van der Waals surface area contributed by atoms with Crippen molar-refractivity contribution < 1.29 is 28.5 Å². The first-order valence-corrected chi connectivity index (χ1v) is 8.34. The molecule has 0 spiro atoms. The van der Waals surface area contributed by atoms with Crippen molar-refractivity contribution >= 4 is 12.6 Å². The molecule has 0 atom stereocenters. The molecule has 0 aliphatic rings. The summed E-state index contributed by atoms with van der Waals surface area (Å²) in [5.41, 5.74) is 1.04. The predicted octanol–water partition coefficient (Wildman–Crippen LogP) is 2.80. The molecule has 2 aromatic carbocycles. The summed E-state index contributed by atoms with van der Waals surface area (Å²) in [6.45, 7) is 2.39. The third kappa shape index (κ3) is 6.66. The van der Waals surface area contributed by atoms with E-state index in [0.717, 1.165) is 12.6 Å². The number of carbonyl (C=O) groups excluding carboxylic acids is 2. The van der Waals surface area contributed by atoms with Gasteiger partial charge in [-0.05, 0) is 24.3 Å². The van der Waals surface area contributed by atoms with E-state index in [9.17, 15) is 9.59 Å². The lowest BCUT2D eigenvalue weighted by atomic mass is 10.2. The molecule has 0 heterocycles. The van der Waals surface area contributed by atoms with E-state index in [-0.39, 0.29) is 0 Å². The fourth-order valence-corrected chi connectivity index (χ4v) is 2.16. The van der Waals surface area contributed by atoms with Crippen molar-refractivity contribution in [2.75, 3.05) is 39.6 Å². The molecule has 2 aromatic rings. The van der Waals surface area contributed by atoms with Crippen molar-refractivity contribution in [3.05, 3.63) is 59.7 Å². The Morgan fingerprint density at radius 2 is 0.962 bits per heavy atom. The summed E-state index contributed by atoms with van der Waals surface area (Å²) < 4.78 is 21.8. The van der Waals surface area contributed by atoms with Crippen LogP contribution in [-0.4, -0.2) is 52.2 Å². The number of benzene rings is 2. The molecular formula is C20H22O6. The Morgan fingerprint density at radius 3 is 1.38 bits per heavy atom. The van der Waals surface area contributed by atoms with Gasteiger partial charge in [0, 0.05) is 0 Å². The van der Waals surface area contributed by atoms with E-state index < -0.39 is 0 Å². The molecule has 0 N–H and O–H groups in total. The molecule has 0 bridgehead atoms. The first-order chi connectivity index (χ1) is 12.8. The summed E-state index contributed by atoms with van der Waals surface area (Å²) in [5.74, 6) is 1.10. The fourth-order valence-electron chi connectivity index (χ4n) is 2.16. The maximum Gasteiger partial charge on any atom is 0.153 e. The zero-order valence-corrected chi connectivity index (χ0v) is 14.5. The highest BCUT2D eigenvalue weighted by molar-refractivity contribution is 5.79. The van der Waals surface area contributed by atoms with Gasteiger partial charge in [-0.3, -0.25) is 9.59 Å². The van der Waals surface area contributed by atoms with E-state index in [1.807, 2.05) is 12.1 Å². The van der Waals surface area contributed by atoms with Crippen LogP contribution >= 0.6 is 0 Å². The highest BCUT2D eigenvalue weighted by atomic mass is 16.6. The van der Waals surface area contributed by atoms with E-state index in [2.05, 4.69) is 0 Å². The van der Waals surface area contributed by atoms with Crippen molar-refractivity contribution in [2.45, 2.75) is 0 Å². The van der Waals surface area contributed by atoms with Crippen molar-refractivity contribution in [1.82, 2.24) is 0 Å². The minimum atomic E-state index is 0.358. The summed E-state index contributed by atoms with van der Waals surface area (Å²) in [4.78, 5) is 21.7. The molecule has 0 aromatic heterocycles. The third-order valence-electron chi connectivity index (χ3n) is 3.43. The Labute approximate surface area is 152 Å². The van der Waals surface area contributed by atoms with Crippen molar-refractivity contribution in [2.24, 2.45) is 0 Å². The summed E-state index contributed by atoms with van der Waals surface area (Å²) >= 11 is 0. The van der Waals surface area contributed by atoms with Gasteiger partial charge in [-0.1, -0.05) is 24.3 Å². The number of para-hydroxylation sites is 2. The zero-order valence-electron chi connectivity index (χ0n) is 14.5. The van der Waals surface area contributed by atoms with Gasteiger partial charge in [0.1, 0.15) is 24.7 Å². The van der Waals surface area contributed by atoms with Crippen LogP contribution in [0.2, 0.25) is 0 Å². The maximum atomic E-state index is 10.9. The Morgan fingerprint density at radius 1 is 0.577 bits per heavy atom. The van der Waals surface area contributed by atoms with E-state index in [0.29, 0.717) is 62.3 Å². The molecule has 0 aliphatic heterocycles. The SMILES string of the molecule is O=Cc1ccccc1OCCOCCOCCOc1ccccc1C=O. The van der Waals surface area contributed by atoms with Crippen LogP contribution in [0.4, 0.5) is 0 Å². The fraction of sp³-hybridized carbons (Fsp3) is 0.300. The summed E-state index contributed by atoms with van der Waals surface area (Å²) in [7, 11) is 0. The quantitative estimate of drug-likeness (QED) is 0.405. The van der Waals surface area contributed by atoms with Gasteiger partial charge in [0.2, 0.25) is 0 Å². The molecule has 0 saturated carbocycles. The smallest absolute Gasteiger partial charge is 0.153 e. The second-order valence-electron chi connectivity index (χ2n) is 5.23. The molecule has 138 valence electrons. The monoisotopic (exact) mass is 358 g/mol. The second kappa shape index (κ2) is 11.8. The number of rotatable bonds is 13. The normalized spacial score (nSPS) is 10.3. The van der Waals surface area contributed by atoms with Gasteiger partial charge in [-0.15, -0.1) is 0 Å².